The average Bonchev–Trinajstić information content (AvgIpc) is 2.65. The summed E-state index contributed by atoms with van der Waals surface area (Å²) in [5, 5.41) is 3.79. The number of H-pyrrole nitrogens is 1. The summed E-state index contributed by atoms with van der Waals surface area (Å²) in [6.07, 6.45) is 5.35. The molecule has 2 rings (SSSR count). The molecule has 0 amide bonds. The summed E-state index contributed by atoms with van der Waals surface area (Å²) in [6, 6.07) is 0. The predicted molar refractivity (Wildman–Crippen MR) is 50.0 cm³/mol. The minimum Gasteiger partial charge on any atom is -0.364 e. The molecule has 0 fully saturated rings. The fourth-order valence-corrected chi connectivity index (χ4v) is 1.32. The van der Waals surface area contributed by atoms with Crippen molar-refractivity contribution in [2.45, 2.75) is 13.5 Å². The van der Waals surface area contributed by atoms with Gasteiger partial charge in [-0.2, -0.15) is 0 Å². The lowest BCUT2D eigenvalue weighted by atomic mass is 10.3. The van der Waals surface area contributed by atoms with E-state index in [1.54, 1.807) is 6.26 Å². The van der Waals surface area contributed by atoms with Crippen LogP contribution in [0.15, 0.2) is 23.2 Å². The number of rotatable bonds is 2. The number of nitrogens with zero attached hydrogens (tertiary/aromatic N) is 2. The number of hydrogen-bond donors (Lipinski definition) is 1. The van der Waals surface area contributed by atoms with Gasteiger partial charge < -0.3 is 14.1 Å². The molecule has 0 saturated heterocycles. The van der Waals surface area contributed by atoms with E-state index < -0.39 is 0 Å². The van der Waals surface area contributed by atoms with Crippen molar-refractivity contribution < 1.29 is 4.52 Å². The Hall–Kier alpha value is -1.36. The highest BCUT2D eigenvalue weighted by Gasteiger charge is 2.03. The van der Waals surface area contributed by atoms with Gasteiger partial charge in [0.1, 0.15) is 6.26 Å². The fourth-order valence-electron chi connectivity index (χ4n) is 1.12. The molecule has 0 aromatic carbocycles. The zero-order chi connectivity index (χ0) is 9.26. The maximum atomic E-state index is 5.06. The van der Waals surface area contributed by atoms with Crippen LogP contribution >= 0.6 is 12.2 Å². The van der Waals surface area contributed by atoms with Crippen LogP contribution in [0.1, 0.15) is 11.3 Å². The van der Waals surface area contributed by atoms with E-state index in [0.29, 0.717) is 11.3 Å². The second-order valence-corrected chi connectivity index (χ2v) is 3.21. The van der Waals surface area contributed by atoms with Crippen molar-refractivity contribution in [1.82, 2.24) is 14.7 Å². The molecule has 0 unspecified atom stereocenters. The summed E-state index contributed by atoms with van der Waals surface area (Å²) in [5.74, 6) is 0. The Kier molecular flexibility index (Phi) is 2.02. The van der Waals surface area contributed by atoms with Crippen molar-refractivity contribution >= 4 is 12.2 Å². The number of aromatic amines is 1. The molecule has 2 heterocycles. The Bertz CT molecular complexity index is 454. The molecule has 0 aliphatic heterocycles. The van der Waals surface area contributed by atoms with Gasteiger partial charge in [0.15, 0.2) is 4.77 Å². The van der Waals surface area contributed by atoms with E-state index in [4.69, 9.17) is 16.7 Å². The third-order valence-electron chi connectivity index (χ3n) is 1.91. The van der Waals surface area contributed by atoms with E-state index in [-0.39, 0.29) is 0 Å². The van der Waals surface area contributed by atoms with Crippen molar-refractivity contribution in [2.24, 2.45) is 0 Å². The lowest BCUT2D eigenvalue weighted by molar-refractivity contribution is 0.414. The van der Waals surface area contributed by atoms with Gasteiger partial charge in [-0.25, -0.2) is 0 Å². The lowest BCUT2D eigenvalue weighted by Crippen LogP contribution is -1.98. The highest BCUT2D eigenvalue weighted by Crippen LogP contribution is 2.07. The quantitative estimate of drug-likeness (QED) is 0.744. The average molecular weight is 195 g/mol. The van der Waals surface area contributed by atoms with Crippen molar-refractivity contribution in [3.63, 3.8) is 0 Å². The monoisotopic (exact) mass is 195 g/mol. The van der Waals surface area contributed by atoms with Crippen LogP contribution in [0.2, 0.25) is 0 Å². The van der Waals surface area contributed by atoms with E-state index in [1.165, 1.54) is 0 Å². The highest BCUT2D eigenvalue weighted by molar-refractivity contribution is 7.71. The maximum Gasteiger partial charge on any atom is 0.177 e. The van der Waals surface area contributed by atoms with Crippen LogP contribution in [0, 0.1) is 11.7 Å². The lowest BCUT2D eigenvalue weighted by Gasteiger charge is -1.98. The SMILES string of the molecule is Cc1nocc1Cn1cc[nH]c1=S. The number of aromatic nitrogens is 3. The van der Waals surface area contributed by atoms with Gasteiger partial charge in [0, 0.05) is 18.0 Å². The summed E-state index contributed by atoms with van der Waals surface area (Å²) in [5.41, 5.74) is 1.96. The number of nitrogens with one attached hydrogen (secondary N) is 1. The molecule has 5 heteroatoms. The van der Waals surface area contributed by atoms with Crippen molar-refractivity contribution in [2.75, 3.05) is 0 Å². The van der Waals surface area contributed by atoms with Crippen LogP contribution in [0.4, 0.5) is 0 Å². The molecular formula is C8H9N3OS. The standard InChI is InChI=1S/C8H9N3OS/c1-6-7(5-12-10-6)4-11-3-2-9-8(11)13/h2-3,5H,4H2,1H3,(H,9,13). The molecule has 2 aromatic heterocycles. The Morgan fingerprint density at radius 2 is 2.54 bits per heavy atom. The van der Waals surface area contributed by atoms with Gasteiger partial charge in [-0.15, -0.1) is 0 Å². The first-order chi connectivity index (χ1) is 6.27. The summed E-state index contributed by atoms with van der Waals surface area (Å²) in [4.78, 5) is 2.93. The van der Waals surface area contributed by atoms with E-state index in [1.807, 2.05) is 23.9 Å². The van der Waals surface area contributed by atoms with Crippen molar-refractivity contribution in [3.8, 4) is 0 Å². The van der Waals surface area contributed by atoms with Crippen LogP contribution in [-0.2, 0) is 6.54 Å². The molecule has 0 spiro atoms. The minimum absolute atomic E-state index is 0.706. The smallest absolute Gasteiger partial charge is 0.177 e. The molecule has 0 bridgehead atoms. The van der Waals surface area contributed by atoms with E-state index in [0.717, 1.165) is 11.3 Å². The number of hydrogen-bond acceptors (Lipinski definition) is 3. The molecule has 0 aliphatic carbocycles. The fraction of sp³-hybridized carbons (Fsp3) is 0.250. The van der Waals surface area contributed by atoms with Gasteiger partial charge in [-0.1, -0.05) is 5.16 Å². The molecule has 1 N–H and O–H groups in total. The van der Waals surface area contributed by atoms with Crippen LogP contribution in [-0.4, -0.2) is 14.7 Å². The normalized spacial score (nSPS) is 10.5. The maximum absolute atomic E-state index is 5.06. The van der Waals surface area contributed by atoms with E-state index >= 15 is 0 Å². The summed E-state index contributed by atoms with van der Waals surface area (Å²) < 4.78 is 7.46. The highest BCUT2D eigenvalue weighted by atomic mass is 32.1. The molecule has 0 aliphatic rings. The largest absolute Gasteiger partial charge is 0.364 e. The molecule has 13 heavy (non-hydrogen) atoms. The first-order valence-corrected chi connectivity index (χ1v) is 4.32. The number of imidazole rings is 1. The zero-order valence-corrected chi connectivity index (χ0v) is 7.97. The Morgan fingerprint density at radius 3 is 3.08 bits per heavy atom. The summed E-state index contributed by atoms with van der Waals surface area (Å²) in [6.45, 7) is 2.62. The van der Waals surface area contributed by atoms with Gasteiger partial charge in [0.25, 0.3) is 0 Å². The second-order valence-electron chi connectivity index (χ2n) is 2.82. The van der Waals surface area contributed by atoms with Gasteiger partial charge in [0.05, 0.1) is 12.2 Å². The van der Waals surface area contributed by atoms with E-state index in [2.05, 4.69) is 10.1 Å². The molecule has 4 nitrogen and oxygen atoms in total. The molecule has 0 saturated carbocycles. The molecular weight excluding hydrogens is 186 g/mol. The van der Waals surface area contributed by atoms with Crippen LogP contribution < -0.4 is 0 Å². The first-order valence-electron chi connectivity index (χ1n) is 3.91. The molecule has 2 aromatic rings. The van der Waals surface area contributed by atoms with Crippen LogP contribution in [0.3, 0.4) is 0 Å². The third-order valence-corrected chi connectivity index (χ3v) is 2.26. The third kappa shape index (κ3) is 1.55. The topological polar surface area (TPSA) is 46.8 Å². The Labute approximate surface area is 80.2 Å². The Morgan fingerprint density at radius 1 is 1.69 bits per heavy atom. The van der Waals surface area contributed by atoms with Crippen molar-refractivity contribution in [3.05, 3.63) is 34.7 Å². The molecule has 0 atom stereocenters. The van der Waals surface area contributed by atoms with Gasteiger partial charge >= 0.3 is 0 Å². The number of aryl methyl sites for hydroxylation is 1. The zero-order valence-electron chi connectivity index (χ0n) is 7.15. The minimum atomic E-state index is 0.706. The van der Waals surface area contributed by atoms with Crippen LogP contribution in [0.25, 0.3) is 0 Å². The Balaban J connectivity index is 2.29. The van der Waals surface area contributed by atoms with Crippen LogP contribution in [0.5, 0.6) is 0 Å². The molecule has 0 radical (unpaired) electrons. The van der Waals surface area contributed by atoms with Gasteiger partial charge in [-0.3, -0.25) is 0 Å². The summed E-state index contributed by atoms with van der Waals surface area (Å²) >= 11 is 5.06. The van der Waals surface area contributed by atoms with Gasteiger partial charge in [0.2, 0.25) is 0 Å². The molecule has 68 valence electrons. The van der Waals surface area contributed by atoms with Gasteiger partial charge in [-0.05, 0) is 19.1 Å². The van der Waals surface area contributed by atoms with Crippen molar-refractivity contribution in [1.29, 1.82) is 0 Å². The van der Waals surface area contributed by atoms with E-state index in [9.17, 15) is 0 Å². The first kappa shape index (κ1) is 8.25. The summed E-state index contributed by atoms with van der Waals surface area (Å²) in [7, 11) is 0. The predicted octanol–water partition coefficient (Wildman–Crippen LogP) is 1.89. The second kappa shape index (κ2) is 3.18.